The highest BCUT2D eigenvalue weighted by Crippen LogP contribution is 2.53. The molecule has 0 N–H and O–H groups in total. The standard InChI is InChI=1S/C14H21N/c1-5-9-14(6-2)13-8-7-11(3)12(4)10-15(13)14/h7-8,10H,5-6,9H2,1-4H3. The minimum Gasteiger partial charge on any atom is -0.337 e. The molecule has 82 valence electrons. The van der Waals surface area contributed by atoms with Crippen LogP contribution < -0.4 is 0 Å². The minimum absolute atomic E-state index is 0.368. The van der Waals surface area contributed by atoms with Gasteiger partial charge in [0, 0.05) is 11.9 Å². The monoisotopic (exact) mass is 203 g/mol. The zero-order valence-electron chi connectivity index (χ0n) is 10.3. The maximum absolute atomic E-state index is 2.47. The zero-order chi connectivity index (χ0) is 11.1. The molecule has 1 fully saturated rings. The van der Waals surface area contributed by atoms with Crippen LogP contribution in [-0.4, -0.2) is 10.4 Å². The van der Waals surface area contributed by atoms with Crippen molar-refractivity contribution in [3.63, 3.8) is 0 Å². The summed E-state index contributed by atoms with van der Waals surface area (Å²) in [5.74, 6) is 0. The molecule has 0 radical (unpaired) electrons. The van der Waals surface area contributed by atoms with E-state index in [1.807, 2.05) is 0 Å². The second kappa shape index (κ2) is 3.55. The highest BCUT2D eigenvalue weighted by molar-refractivity contribution is 5.48. The van der Waals surface area contributed by atoms with Crippen molar-refractivity contribution in [2.75, 3.05) is 0 Å². The Bertz CT molecular complexity index is 360. The molecule has 0 aromatic rings. The molecule has 2 aliphatic rings. The van der Waals surface area contributed by atoms with Gasteiger partial charge in [0.05, 0.1) is 5.54 Å². The summed E-state index contributed by atoms with van der Waals surface area (Å²) in [5.41, 5.74) is 4.67. The van der Waals surface area contributed by atoms with E-state index in [1.165, 1.54) is 36.1 Å². The summed E-state index contributed by atoms with van der Waals surface area (Å²) in [5, 5.41) is 0. The molecule has 1 heteroatoms. The van der Waals surface area contributed by atoms with Crippen LogP contribution in [0.2, 0.25) is 0 Å². The van der Waals surface area contributed by atoms with E-state index < -0.39 is 0 Å². The summed E-state index contributed by atoms with van der Waals surface area (Å²) in [6.45, 7) is 8.95. The van der Waals surface area contributed by atoms with Gasteiger partial charge in [0.2, 0.25) is 0 Å². The fraction of sp³-hybridized carbons (Fsp3) is 0.571. The van der Waals surface area contributed by atoms with E-state index in [0.717, 1.165) is 0 Å². The first-order valence-corrected chi connectivity index (χ1v) is 6.03. The van der Waals surface area contributed by atoms with Crippen molar-refractivity contribution in [3.05, 3.63) is 35.2 Å². The smallest absolute Gasteiger partial charge is 0.0842 e. The summed E-state index contributed by atoms with van der Waals surface area (Å²) < 4.78 is 0. The second-order valence-corrected chi connectivity index (χ2v) is 4.72. The van der Waals surface area contributed by atoms with E-state index in [2.05, 4.69) is 50.9 Å². The summed E-state index contributed by atoms with van der Waals surface area (Å²) in [6, 6.07) is 0. The Hall–Kier alpha value is -0.980. The lowest BCUT2D eigenvalue weighted by Crippen LogP contribution is -2.14. The predicted octanol–water partition coefficient (Wildman–Crippen LogP) is 4.00. The topological polar surface area (TPSA) is 3.01 Å². The van der Waals surface area contributed by atoms with Crippen molar-refractivity contribution in [1.29, 1.82) is 0 Å². The van der Waals surface area contributed by atoms with Crippen LogP contribution in [0.5, 0.6) is 0 Å². The summed E-state index contributed by atoms with van der Waals surface area (Å²) in [4.78, 5) is 2.47. The molecule has 1 unspecified atom stereocenters. The Kier molecular flexibility index (Phi) is 2.49. The molecule has 2 heterocycles. The molecule has 1 atom stereocenters. The molecule has 0 aromatic heterocycles. The normalized spacial score (nSPS) is 28.8. The van der Waals surface area contributed by atoms with Crippen LogP contribution in [0.25, 0.3) is 0 Å². The van der Waals surface area contributed by atoms with Gasteiger partial charge in [-0.2, -0.15) is 0 Å². The molecule has 0 aromatic carbocycles. The molecule has 1 nitrogen and oxygen atoms in total. The SMILES string of the molecule is CCCC1(CC)C2=CC=C(C)C(C)=CN21. The maximum atomic E-state index is 2.47. The molecular weight excluding hydrogens is 182 g/mol. The van der Waals surface area contributed by atoms with Crippen LogP contribution in [0.15, 0.2) is 35.2 Å². The molecular formula is C14H21N. The van der Waals surface area contributed by atoms with Gasteiger partial charge in [-0.1, -0.05) is 26.3 Å². The van der Waals surface area contributed by atoms with Gasteiger partial charge in [0.25, 0.3) is 0 Å². The molecule has 0 aliphatic carbocycles. The molecule has 0 spiro atoms. The lowest BCUT2D eigenvalue weighted by Gasteiger charge is -2.12. The van der Waals surface area contributed by atoms with E-state index in [0.29, 0.717) is 5.54 Å². The van der Waals surface area contributed by atoms with E-state index in [4.69, 9.17) is 0 Å². The predicted molar refractivity (Wildman–Crippen MR) is 65.4 cm³/mol. The number of rotatable bonds is 3. The fourth-order valence-electron chi connectivity index (χ4n) is 2.61. The second-order valence-electron chi connectivity index (χ2n) is 4.72. The Morgan fingerprint density at radius 1 is 1.13 bits per heavy atom. The largest absolute Gasteiger partial charge is 0.337 e. The number of fused-ring (bicyclic) bond motifs is 1. The molecule has 0 amide bonds. The molecule has 2 aliphatic heterocycles. The fourth-order valence-corrected chi connectivity index (χ4v) is 2.61. The first-order valence-electron chi connectivity index (χ1n) is 6.03. The molecule has 1 saturated heterocycles. The zero-order valence-corrected chi connectivity index (χ0v) is 10.3. The average Bonchev–Trinajstić information content (AvgIpc) is 2.85. The van der Waals surface area contributed by atoms with Crippen molar-refractivity contribution < 1.29 is 0 Å². The van der Waals surface area contributed by atoms with Gasteiger partial charge >= 0.3 is 0 Å². The van der Waals surface area contributed by atoms with Crippen molar-refractivity contribution in [1.82, 2.24) is 4.90 Å². The van der Waals surface area contributed by atoms with E-state index in [-0.39, 0.29) is 0 Å². The molecule has 0 bridgehead atoms. The number of hydrogen-bond acceptors (Lipinski definition) is 1. The van der Waals surface area contributed by atoms with Gasteiger partial charge in [0.15, 0.2) is 0 Å². The molecule has 0 saturated carbocycles. The van der Waals surface area contributed by atoms with E-state index >= 15 is 0 Å². The first kappa shape index (κ1) is 10.5. The molecule has 2 rings (SSSR count). The minimum atomic E-state index is 0.368. The van der Waals surface area contributed by atoms with Gasteiger partial charge in [-0.25, -0.2) is 0 Å². The lowest BCUT2D eigenvalue weighted by molar-refractivity contribution is 0.442. The highest BCUT2D eigenvalue weighted by atomic mass is 15.4. The van der Waals surface area contributed by atoms with Gasteiger partial charge in [0.1, 0.15) is 0 Å². The third kappa shape index (κ3) is 1.45. The van der Waals surface area contributed by atoms with Crippen molar-refractivity contribution >= 4 is 0 Å². The quantitative estimate of drug-likeness (QED) is 0.626. The van der Waals surface area contributed by atoms with Crippen LogP contribution in [0.1, 0.15) is 47.0 Å². The van der Waals surface area contributed by atoms with Gasteiger partial charge in [-0.15, -0.1) is 0 Å². The number of hydrogen-bond donors (Lipinski definition) is 0. The van der Waals surface area contributed by atoms with Crippen LogP contribution in [0.3, 0.4) is 0 Å². The number of allylic oxidation sites excluding steroid dienone is 4. The molecule has 15 heavy (non-hydrogen) atoms. The summed E-state index contributed by atoms with van der Waals surface area (Å²) in [7, 11) is 0. The lowest BCUT2D eigenvalue weighted by atomic mass is 9.97. The maximum Gasteiger partial charge on any atom is 0.0842 e. The summed E-state index contributed by atoms with van der Waals surface area (Å²) >= 11 is 0. The Balaban J connectivity index is 2.31. The van der Waals surface area contributed by atoms with Gasteiger partial charge < -0.3 is 4.90 Å². The third-order valence-electron chi connectivity index (χ3n) is 3.83. The van der Waals surface area contributed by atoms with E-state index in [1.54, 1.807) is 0 Å². The van der Waals surface area contributed by atoms with Crippen LogP contribution in [0.4, 0.5) is 0 Å². The highest BCUT2D eigenvalue weighted by Gasteiger charge is 2.54. The van der Waals surface area contributed by atoms with Crippen LogP contribution >= 0.6 is 0 Å². The Morgan fingerprint density at radius 2 is 1.87 bits per heavy atom. The van der Waals surface area contributed by atoms with Crippen LogP contribution in [-0.2, 0) is 0 Å². The Morgan fingerprint density at radius 3 is 2.47 bits per heavy atom. The van der Waals surface area contributed by atoms with Crippen LogP contribution in [0, 0.1) is 0 Å². The average molecular weight is 203 g/mol. The van der Waals surface area contributed by atoms with Crippen molar-refractivity contribution in [2.45, 2.75) is 52.5 Å². The van der Waals surface area contributed by atoms with Crippen molar-refractivity contribution in [2.24, 2.45) is 0 Å². The Labute approximate surface area is 93.2 Å². The third-order valence-corrected chi connectivity index (χ3v) is 3.83. The number of nitrogens with zero attached hydrogens (tertiary/aromatic N) is 1. The summed E-state index contributed by atoms with van der Waals surface area (Å²) in [6.07, 6.45) is 10.7. The van der Waals surface area contributed by atoms with Gasteiger partial charge in [-0.05, 0) is 43.9 Å². The van der Waals surface area contributed by atoms with E-state index in [9.17, 15) is 0 Å². The first-order chi connectivity index (χ1) is 7.15. The van der Waals surface area contributed by atoms with Crippen molar-refractivity contribution in [3.8, 4) is 0 Å². The van der Waals surface area contributed by atoms with Gasteiger partial charge in [-0.3, -0.25) is 0 Å².